The Labute approximate surface area is 127 Å². The van der Waals surface area contributed by atoms with E-state index in [9.17, 15) is 0 Å². The molecule has 2 heteroatoms. The third-order valence-electron chi connectivity index (χ3n) is 4.61. The molecule has 2 aromatic rings. The average Bonchev–Trinajstić information content (AvgIpc) is 2.55. The van der Waals surface area contributed by atoms with E-state index in [1.165, 1.54) is 53.5 Å². The third-order valence-corrected chi connectivity index (χ3v) is 4.61. The molecule has 0 saturated heterocycles. The highest BCUT2D eigenvalue weighted by Crippen LogP contribution is 2.29. The van der Waals surface area contributed by atoms with Crippen molar-refractivity contribution in [1.82, 2.24) is 4.98 Å². The molecule has 1 unspecified atom stereocenters. The van der Waals surface area contributed by atoms with Gasteiger partial charge in [0.05, 0.1) is 0 Å². The van der Waals surface area contributed by atoms with Crippen molar-refractivity contribution in [2.24, 2.45) is 5.73 Å². The second-order valence-corrected chi connectivity index (χ2v) is 6.18. The van der Waals surface area contributed by atoms with E-state index >= 15 is 0 Å². The van der Waals surface area contributed by atoms with E-state index in [1.54, 1.807) is 0 Å². The van der Waals surface area contributed by atoms with Crippen molar-refractivity contribution in [3.05, 3.63) is 53.3 Å². The van der Waals surface area contributed by atoms with Gasteiger partial charge in [-0.2, -0.15) is 0 Å². The second kappa shape index (κ2) is 6.40. The average molecular weight is 280 g/mol. The number of rotatable bonds is 4. The van der Waals surface area contributed by atoms with Crippen molar-refractivity contribution < 1.29 is 0 Å². The van der Waals surface area contributed by atoms with Gasteiger partial charge < -0.3 is 5.73 Å². The topological polar surface area (TPSA) is 38.9 Å². The maximum absolute atomic E-state index is 5.67. The molecule has 0 fully saturated rings. The van der Waals surface area contributed by atoms with Crippen LogP contribution in [0.5, 0.6) is 0 Å². The predicted molar refractivity (Wildman–Crippen MR) is 88.4 cm³/mol. The first-order valence-electron chi connectivity index (χ1n) is 8.05. The fraction of sp³-hybridized carbons (Fsp3) is 0.421. The van der Waals surface area contributed by atoms with Gasteiger partial charge in [0.25, 0.3) is 0 Å². The highest BCUT2D eigenvalue weighted by Gasteiger charge is 2.11. The van der Waals surface area contributed by atoms with Gasteiger partial charge in [-0.25, -0.2) is 0 Å². The van der Waals surface area contributed by atoms with Gasteiger partial charge in [-0.05, 0) is 72.9 Å². The molecule has 3 rings (SSSR count). The monoisotopic (exact) mass is 280 g/mol. The zero-order valence-electron chi connectivity index (χ0n) is 12.8. The first kappa shape index (κ1) is 14.3. The number of pyridine rings is 1. The SMILES string of the molecule is CC(CCN)c1cncc(-c2ccc3c(c2)CCCC3)c1. The first-order valence-corrected chi connectivity index (χ1v) is 8.05. The number of nitrogens with zero attached hydrogens (tertiary/aromatic N) is 1. The molecule has 110 valence electrons. The molecule has 0 radical (unpaired) electrons. The summed E-state index contributed by atoms with van der Waals surface area (Å²) in [5.41, 5.74) is 12.5. The molecule has 2 N–H and O–H groups in total. The lowest BCUT2D eigenvalue weighted by Gasteiger charge is -2.17. The van der Waals surface area contributed by atoms with Gasteiger partial charge in [0.2, 0.25) is 0 Å². The van der Waals surface area contributed by atoms with Gasteiger partial charge in [0, 0.05) is 18.0 Å². The lowest BCUT2D eigenvalue weighted by molar-refractivity contribution is 0.685. The summed E-state index contributed by atoms with van der Waals surface area (Å²) in [4.78, 5) is 4.44. The number of hydrogen-bond acceptors (Lipinski definition) is 2. The highest BCUT2D eigenvalue weighted by atomic mass is 14.6. The molecule has 1 atom stereocenters. The van der Waals surface area contributed by atoms with Gasteiger partial charge in [0.1, 0.15) is 0 Å². The lowest BCUT2D eigenvalue weighted by atomic mass is 9.89. The molecule has 2 nitrogen and oxygen atoms in total. The molecule has 0 saturated carbocycles. The number of fused-ring (bicyclic) bond motifs is 1. The number of hydrogen-bond donors (Lipinski definition) is 1. The van der Waals surface area contributed by atoms with Crippen LogP contribution in [-0.2, 0) is 12.8 Å². The van der Waals surface area contributed by atoms with E-state index in [1.807, 2.05) is 12.4 Å². The van der Waals surface area contributed by atoms with Crippen molar-refractivity contribution in [3.63, 3.8) is 0 Å². The van der Waals surface area contributed by atoms with Crippen LogP contribution in [0.2, 0.25) is 0 Å². The van der Waals surface area contributed by atoms with Gasteiger partial charge in [-0.15, -0.1) is 0 Å². The fourth-order valence-electron chi connectivity index (χ4n) is 3.21. The Bertz CT molecular complexity index is 619. The molecule has 1 aliphatic carbocycles. The van der Waals surface area contributed by atoms with E-state index in [2.05, 4.69) is 36.2 Å². The molecule has 0 spiro atoms. The Hall–Kier alpha value is -1.67. The van der Waals surface area contributed by atoms with Crippen molar-refractivity contribution in [1.29, 1.82) is 0 Å². The van der Waals surface area contributed by atoms with E-state index in [0.29, 0.717) is 5.92 Å². The Morgan fingerprint density at radius 1 is 1.05 bits per heavy atom. The maximum Gasteiger partial charge on any atom is 0.0346 e. The first-order chi connectivity index (χ1) is 10.3. The van der Waals surface area contributed by atoms with Crippen LogP contribution in [0, 0.1) is 0 Å². The van der Waals surface area contributed by atoms with Crippen LogP contribution in [0.4, 0.5) is 0 Å². The minimum atomic E-state index is 0.472. The smallest absolute Gasteiger partial charge is 0.0346 e. The molecule has 1 aliphatic rings. The minimum Gasteiger partial charge on any atom is -0.330 e. The summed E-state index contributed by atoms with van der Waals surface area (Å²) in [6.07, 6.45) is 10.1. The van der Waals surface area contributed by atoms with Crippen molar-refractivity contribution in [2.45, 2.75) is 44.9 Å². The summed E-state index contributed by atoms with van der Waals surface area (Å²) in [5, 5.41) is 0. The summed E-state index contributed by atoms with van der Waals surface area (Å²) in [6.45, 7) is 2.95. The Morgan fingerprint density at radius 3 is 2.67 bits per heavy atom. The van der Waals surface area contributed by atoms with Gasteiger partial charge in [-0.3, -0.25) is 4.98 Å². The molecule has 0 bridgehead atoms. The van der Waals surface area contributed by atoms with Gasteiger partial charge in [-0.1, -0.05) is 25.1 Å². The van der Waals surface area contributed by atoms with Crippen LogP contribution in [0.15, 0.2) is 36.7 Å². The maximum atomic E-state index is 5.67. The van der Waals surface area contributed by atoms with Crippen LogP contribution in [-0.4, -0.2) is 11.5 Å². The summed E-state index contributed by atoms with van der Waals surface area (Å²) >= 11 is 0. The summed E-state index contributed by atoms with van der Waals surface area (Å²) in [5.74, 6) is 0.472. The summed E-state index contributed by atoms with van der Waals surface area (Å²) in [6, 6.07) is 9.19. The summed E-state index contributed by atoms with van der Waals surface area (Å²) < 4.78 is 0. The third kappa shape index (κ3) is 3.16. The summed E-state index contributed by atoms with van der Waals surface area (Å²) in [7, 11) is 0. The van der Waals surface area contributed by atoms with Gasteiger partial charge >= 0.3 is 0 Å². The molecular formula is C19H24N2. The quantitative estimate of drug-likeness (QED) is 0.916. The standard InChI is InChI=1S/C19H24N2/c1-14(8-9-20)18-11-19(13-21-12-18)17-7-6-15-4-2-3-5-16(15)10-17/h6-7,10-14H,2-5,8-9,20H2,1H3. The molecule has 1 aromatic heterocycles. The normalized spacial score (nSPS) is 15.5. The molecule has 1 heterocycles. The molecule has 0 amide bonds. The number of aryl methyl sites for hydroxylation is 2. The van der Waals surface area contributed by atoms with Crippen LogP contribution in [0.3, 0.4) is 0 Å². The Balaban J connectivity index is 1.91. The number of benzene rings is 1. The zero-order valence-corrected chi connectivity index (χ0v) is 12.8. The molecule has 0 aliphatic heterocycles. The fourth-order valence-corrected chi connectivity index (χ4v) is 3.21. The largest absolute Gasteiger partial charge is 0.330 e. The van der Waals surface area contributed by atoms with E-state index < -0.39 is 0 Å². The van der Waals surface area contributed by atoms with E-state index in [0.717, 1.165) is 13.0 Å². The lowest BCUT2D eigenvalue weighted by Crippen LogP contribution is -2.05. The second-order valence-electron chi connectivity index (χ2n) is 6.18. The molecular weight excluding hydrogens is 256 g/mol. The Kier molecular flexibility index (Phi) is 4.35. The van der Waals surface area contributed by atoms with Crippen molar-refractivity contribution in [3.8, 4) is 11.1 Å². The van der Waals surface area contributed by atoms with Crippen molar-refractivity contribution >= 4 is 0 Å². The minimum absolute atomic E-state index is 0.472. The van der Waals surface area contributed by atoms with Crippen LogP contribution in [0.1, 0.15) is 48.8 Å². The molecule has 21 heavy (non-hydrogen) atoms. The van der Waals surface area contributed by atoms with Gasteiger partial charge in [0.15, 0.2) is 0 Å². The number of nitrogens with two attached hydrogens (primary N) is 1. The molecule has 1 aromatic carbocycles. The van der Waals surface area contributed by atoms with Crippen molar-refractivity contribution in [2.75, 3.05) is 6.54 Å². The van der Waals surface area contributed by atoms with Crippen LogP contribution >= 0.6 is 0 Å². The predicted octanol–water partition coefficient (Wildman–Crippen LogP) is 4.08. The van der Waals surface area contributed by atoms with E-state index in [-0.39, 0.29) is 0 Å². The Morgan fingerprint density at radius 2 is 1.86 bits per heavy atom. The van der Waals surface area contributed by atoms with E-state index in [4.69, 9.17) is 5.73 Å². The van der Waals surface area contributed by atoms with Crippen LogP contribution < -0.4 is 5.73 Å². The highest BCUT2D eigenvalue weighted by molar-refractivity contribution is 5.65. The number of aromatic nitrogens is 1. The van der Waals surface area contributed by atoms with Crippen LogP contribution in [0.25, 0.3) is 11.1 Å². The zero-order chi connectivity index (χ0) is 14.7.